The van der Waals surface area contributed by atoms with Crippen molar-refractivity contribution in [2.75, 3.05) is 30.9 Å². The fraction of sp³-hybridized carbons (Fsp3) is 0.300. The number of benzene rings is 2. The maximum absolute atomic E-state index is 5.24. The van der Waals surface area contributed by atoms with Crippen LogP contribution >= 0.6 is 12.2 Å². The van der Waals surface area contributed by atoms with Crippen LogP contribution in [-0.2, 0) is 0 Å². The Morgan fingerprint density at radius 3 is 2.69 bits per heavy atom. The van der Waals surface area contributed by atoms with E-state index in [-0.39, 0.29) is 0 Å². The van der Waals surface area contributed by atoms with Gasteiger partial charge in [-0.1, -0.05) is 31.5 Å². The van der Waals surface area contributed by atoms with Gasteiger partial charge in [-0.25, -0.2) is 0 Å². The first-order valence-corrected chi connectivity index (χ1v) is 9.08. The fourth-order valence-electron chi connectivity index (χ4n) is 2.36. The Hall–Kier alpha value is -2.60. The van der Waals surface area contributed by atoms with E-state index in [9.17, 15) is 0 Å². The summed E-state index contributed by atoms with van der Waals surface area (Å²) in [6, 6.07) is 15.8. The second-order valence-electron chi connectivity index (χ2n) is 5.92. The second kappa shape index (κ2) is 10.4. The van der Waals surface area contributed by atoms with Gasteiger partial charge in [0.1, 0.15) is 5.75 Å². The lowest BCUT2D eigenvalue weighted by Gasteiger charge is -2.18. The quantitative estimate of drug-likeness (QED) is 0.413. The zero-order chi connectivity index (χ0) is 18.8. The molecule has 6 heteroatoms. The number of nitrogens with zero attached hydrogens (tertiary/aromatic N) is 2. The normalized spacial score (nSPS) is 10.6. The number of anilines is 2. The zero-order valence-corrected chi connectivity index (χ0v) is 16.3. The van der Waals surface area contributed by atoms with Crippen molar-refractivity contribution in [3.63, 3.8) is 0 Å². The molecular formula is C20H26N4OS. The van der Waals surface area contributed by atoms with Gasteiger partial charge in [-0.15, -0.1) is 0 Å². The van der Waals surface area contributed by atoms with Crippen LogP contribution in [0.1, 0.15) is 25.3 Å². The Labute approximate surface area is 161 Å². The predicted molar refractivity (Wildman–Crippen MR) is 115 cm³/mol. The molecule has 0 heterocycles. The molecule has 0 aliphatic carbocycles. The van der Waals surface area contributed by atoms with E-state index in [4.69, 9.17) is 17.0 Å². The van der Waals surface area contributed by atoms with E-state index in [1.165, 1.54) is 18.5 Å². The minimum Gasteiger partial charge on any atom is -0.497 e. The number of nitrogens with one attached hydrogen (secondary N) is 2. The lowest BCUT2D eigenvalue weighted by atomic mass is 10.2. The number of hydrazone groups is 1. The van der Waals surface area contributed by atoms with E-state index < -0.39 is 0 Å². The summed E-state index contributed by atoms with van der Waals surface area (Å²) >= 11 is 5.24. The summed E-state index contributed by atoms with van der Waals surface area (Å²) in [6.45, 7) is 3.27. The van der Waals surface area contributed by atoms with E-state index in [1.807, 2.05) is 36.4 Å². The maximum Gasteiger partial charge on any atom is 0.191 e. The SMILES string of the molecule is CCCCN(C)c1ccc(C=NNC(=S)Nc2cccc(OC)c2)cc1. The van der Waals surface area contributed by atoms with Crippen LogP contribution in [0.4, 0.5) is 11.4 Å². The molecule has 138 valence electrons. The molecule has 26 heavy (non-hydrogen) atoms. The van der Waals surface area contributed by atoms with Gasteiger partial charge in [0, 0.05) is 31.0 Å². The van der Waals surface area contributed by atoms with Gasteiger partial charge in [-0.3, -0.25) is 5.43 Å². The molecule has 0 amide bonds. The molecule has 0 aliphatic rings. The van der Waals surface area contributed by atoms with Crippen molar-refractivity contribution < 1.29 is 4.74 Å². The number of methoxy groups -OCH3 is 1. The van der Waals surface area contributed by atoms with Crippen molar-refractivity contribution in [3.8, 4) is 5.75 Å². The highest BCUT2D eigenvalue weighted by molar-refractivity contribution is 7.80. The van der Waals surface area contributed by atoms with Crippen LogP contribution in [0.3, 0.4) is 0 Å². The Kier molecular flexibility index (Phi) is 7.89. The monoisotopic (exact) mass is 370 g/mol. The van der Waals surface area contributed by atoms with Crippen molar-refractivity contribution in [2.45, 2.75) is 19.8 Å². The zero-order valence-electron chi connectivity index (χ0n) is 15.5. The molecule has 0 radical (unpaired) electrons. The molecule has 0 unspecified atom stereocenters. The van der Waals surface area contributed by atoms with Crippen LogP contribution < -0.4 is 20.4 Å². The third-order valence-electron chi connectivity index (χ3n) is 3.89. The summed E-state index contributed by atoms with van der Waals surface area (Å²) in [5.74, 6) is 0.769. The first-order chi connectivity index (χ1) is 12.6. The van der Waals surface area contributed by atoms with Crippen LogP contribution in [0.25, 0.3) is 0 Å². The maximum atomic E-state index is 5.24. The Morgan fingerprint density at radius 1 is 1.23 bits per heavy atom. The average Bonchev–Trinajstić information content (AvgIpc) is 2.66. The molecule has 0 aromatic heterocycles. The molecule has 0 atom stereocenters. The molecule has 0 bridgehead atoms. The van der Waals surface area contributed by atoms with E-state index >= 15 is 0 Å². The van der Waals surface area contributed by atoms with Gasteiger partial charge in [-0.2, -0.15) is 5.10 Å². The van der Waals surface area contributed by atoms with Gasteiger partial charge in [-0.05, 0) is 48.5 Å². The molecule has 0 spiro atoms. The summed E-state index contributed by atoms with van der Waals surface area (Å²) in [6.07, 6.45) is 4.14. The van der Waals surface area contributed by atoms with Gasteiger partial charge >= 0.3 is 0 Å². The number of ether oxygens (including phenoxy) is 1. The predicted octanol–water partition coefficient (Wildman–Crippen LogP) is 4.25. The molecule has 2 N–H and O–H groups in total. The van der Waals surface area contributed by atoms with E-state index in [2.05, 4.69) is 46.8 Å². The van der Waals surface area contributed by atoms with Crippen molar-refractivity contribution in [1.82, 2.24) is 5.43 Å². The highest BCUT2D eigenvalue weighted by Gasteiger charge is 2.00. The van der Waals surface area contributed by atoms with Gasteiger partial charge in [0.05, 0.1) is 13.3 Å². The highest BCUT2D eigenvalue weighted by Crippen LogP contribution is 2.16. The van der Waals surface area contributed by atoms with Gasteiger partial charge in [0.25, 0.3) is 0 Å². The number of hydrogen-bond acceptors (Lipinski definition) is 4. The Bertz CT molecular complexity index is 731. The first-order valence-electron chi connectivity index (χ1n) is 8.67. The van der Waals surface area contributed by atoms with E-state index in [0.29, 0.717) is 5.11 Å². The average molecular weight is 371 g/mol. The minimum atomic E-state index is 0.422. The Morgan fingerprint density at radius 2 is 2.00 bits per heavy atom. The first kappa shape index (κ1) is 19.7. The standard InChI is InChI=1S/C20H26N4OS/c1-4-5-13-24(2)18-11-9-16(10-12-18)15-21-23-20(26)22-17-7-6-8-19(14-17)25-3/h6-12,14-15H,4-5,13H2,1-3H3,(H2,22,23,26). The third-order valence-corrected chi connectivity index (χ3v) is 4.08. The summed E-state index contributed by atoms with van der Waals surface area (Å²) < 4.78 is 5.19. The smallest absolute Gasteiger partial charge is 0.191 e. The molecule has 0 aliphatic heterocycles. The topological polar surface area (TPSA) is 48.9 Å². The summed E-state index contributed by atoms with van der Waals surface area (Å²) in [4.78, 5) is 2.26. The minimum absolute atomic E-state index is 0.422. The van der Waals surface area contributed by atoms with Crippen molar-refractivity contribution in [1.29, 1.82) is 0 Å². The molecule has 0 saturated carbocycles. The lowest BCUT2D eigenvalue weighted by Crippen LogP contribution is -2.23. The van der Waals surface area contributed by atoms with Gasteiger partial charge in [0.2, 0.25) is 0 Å². The fourth-order valence-corrected chi connectivity index (χ4v) is 2.54. The van der Waals surface area contributed by atoms with Crippen LogP contribution in [0, 0.1) is 0 Å². The Balaban J connectivity index is 1.84. The largest absolute Gasteiger partial charge is 0.497 e. The lowest BCUT2D eigenvalue weighted by molar-refractivity contribution is 0.415. The highest BCUT2D eigenvalue weighted by atomic mass is 32.1. The molecule has 2 aromatic carbocycles. The van der Waals surface area contributed by atoms with Crippen LogP contribution in [0.2, 0.25) is 0 Å². The number of unbranched alkanes of at least 4 members (excludes halogenated alkanes) is 1. The van der Waals surface area contributed by atoms with E-state index in [1.54, 1.807) is 13.3 Å². The number of hydrogen-bond donors (Lipinski definition) is 2. The summed E-state index contributed by atoms with van der Waals surface area (Å²) in [7, 11) is 3.75. The molecule has 0 fully saturated rings. The third kappa shape index (κ3) is 6.37. The molecule has 0 saturated heterocycles. The molecular weight excluding hydrogens is 344 g/mol. The van der Waals surface area contributed by atoms with Crippen molar-refractivity contribution >= 4 is 34.9 Å². The van der Waals surface area contributed by atoms with Gasteiger partial charge < -0.3 is 15.0 Å². The molecule has 2 rings (SSSR count). The van der Waals surface area contributed by atoms with Crippen LogP contribution in [-0.4, -0.2) is 32.0 Å². The molecule has 2 aromatic rings. The van der Waals surface area contributed by atoms with Crippen LogP contribution in [0.5, 0.6) is 5.75 Å². The van der Waals surface area contributed by atoms with Crippen LogP contribution in [0.15, 0.2) is 53.6 Å². The number of rotatable bonds is 8. The van der Waals surface area contributed by atoms with Crippen molar-refractivity contribution in [2.24, 2.45) is 5.10 Å². The second-order valence-corrected chi connectivity index (χ2v) is 6.33. The summed E-state index contributed by atoms with van der Waals surface area (Å²) in [5.41, 5.74) is 5.88. The van der Waals surface area contributed by atoms with E-state index in [0.717, 1.165) is 23.5 Å². The van der Waals surface area contributed by atoms with Gasteiger partial charge in [0.15, 0.2) is 5.11 Å². The molecule has 5 nitrogen and oxygen atoms in total. The summed E-state index contributed by atoms with van der Waals surface area (Å²) in [5, 5.41) is 7.67. The number of thiocarbonyl (C=S) groups is 1. The van der Waals surface area contributed by atoms with Crippen molar-refractivity contribution in [3.05, 3.63) is 54.1 Å².